The van der Waals surface area contributed by atoms with Crippen LogP contribution in [0.5, 0.6) is 0 Å². The number of nitrogens with two attached hydrogens (primary N) is 1. The van der Waals surface area contributed by atoms with E-state index in [-0.39, 0.29) is 33.8 Å². The van der Waals surface area contributed by atoms with E-state index in [9.17, 15) is 9.18 Å². The Kier molecular flexibility index (Phi) is 4.68. The minimum atomic E-state index is -0.369. The van der Waals surface area contributed by atoms with Gasteiger partial charge in [-0.3, -0.25) is 4.79 Å². The molecule has 104 valence electrons. The van der Waals surface area contributed by atoms with Crippen LogP contribution in [0, 0.1) is 5.82 Å². The van der Waals surface area contributed by atoms with Gasteiger partial charge < -0.3 is 5.73 Å². The van der Waals surface area contributed by atoms with Crippen LogP contribution < -0.4 is 5.73 Å². The van der Waals surface area contributed by atoms with Gasteiger partial charge in [-0.2, -0.15) is 0 Å². The molecule has 2 N–H and O–H groups in total. The second kappa shape index (κ2) is 6.12. The van der Waals surface area contributed by atoms with Crippen molar-refractivity contribution < 1.29 is 9.18 Å². The Bertz CT molecular complexity index is 668. The number of nitrogen functional groups attached to an aromatic ring is 1. The molecular weight excluding hydrogens is 368 g/mol. The molecule has 0 spiro atoms. The summed E-state index contributed by atoms with van der Waals surface area (Å²) in [6.45, 7) is 0. The van der Waals surface area contributed by atoms with E-state index in [1.54, 1.807) is 6.07 Å². The highest BCUT2D eigenvalue weighted by Gasteiger charge is 2.13. The SMILES string of the molecule is Nc1c(Cl)cc(C(=O)Cc2ccc(F)cc2Br)cc1Cl. The predicted molar refractivity (Wildman–Crippen MR) is 83.0 cm³/mol. The number of carbonyl (C=O) groups excluding carboxylic acids is 1. The summed E-state index contributed by atoms with van der Waals surface area (Å²) in [6, 6.07) is 7.12. The highest BCUT2D eigenvalue weighted by Crippen LogP contribution is 2.29. The third kappa shape index (κ3) is 3.32. The monoisotopic (exact) mass is 375 g/mol. The van der Waals surface area contributed by atoms with Gasteiger partial charge in [-0.15, -0.1) is 0 Å². The average molecular weight is 377 g/mol. The molecule has 2 aromatic rings. The van der Waals surface area contributed by atoms with E-state index in [0.717, 1.165) is 0 Å². The summed E-state index contributed by atoms with van der Waals surface area (Å²) >= 11 is 15.0. The quantitative estimate of drug-likeness (QED) is 0.611. The lowest BCUT2D eigenvalue weighted by atomic mass is 10.0. The molecule has 20 heavy (non-hydrogen) atoms. The molecule has 6 heteroatoms. The Morgan fingerprint density at radius 1 is 1.20 bits per heavy atom. The zero-order valence-corrected chi connectivity index (χ0v) is 13.2. The summed E-state index contributed by atoms with van der Waals surface area (Å²) in [4.78, 5) is 12.2. The number of carbonyl (C=O) groups is 1. The molecule has 0 aliphatic carbocycles. The Balaban J connectivity index is 2.28. The molecule has 0 unspecified atom stereocenters. The van der Waals surface area contributed by atoms with Gasteiger partial charge in [0, 0.05) is 16.5 Å². The van der Waals surface area contributed by atoms with E-state index < -0.39 is 0 Å². The van der Waals surface area contributed by atoms with Gasteiger partial charge in [-0.25, -0.2) is 4.39 Å². The molecule has 0 atom stereocenters. The van der Waals surface area contributed by atoms with Gasteiger partial charge in [-0.05, 0) is 29.8 Å². The van der Waals surface area contributed by atoms with E-state index >= 15 is 0 Å². The molecule has 0 radical (unpaired) electrons. The molecule has 2 nitrogen and oxygen atoms in total. The van der Waals surface area contributed by atoms with Crippen molar-refractivity contribution in [1.82, 2.24) is 0 Å². The lowest BCUT2D eigenvalue weighted by Crippen LogP contribution is -2.05. The zero-order valence-electron chi connectivity index (χ0n) is 10.1. The molecule has 0 aliphatic rings. The van der Waals surface area contributed by atoms with Crippen molar-refractivity contribution in [3.05, 3.63) is 61.8 Å². The van der Waals surface area contributed by atoms with Gasteiger partial charge in [0.05, 0.1) is 15.7 Å². The summed E-state index contributed by atoms with van der Waals surface area (Å²) in [5.41, 5.74) is 6.91. The molecule has 2 rings (SSSR count). The second-order valence-corrected chi connectivity index (χ2v) is 5.86. The molecule has 0 heterocycles. The first-order valence-corrected chi connectivity index (χ1v) is 7.15. The molecule has 0 amide bonds. The van der Waals surface area contributed by atoms with Crippen molar-refractivity contribution in [1.29, 1.82) is 0 Å². The maximum Gasteiger partial charge on any atom is 0.167 e. The fraction of sp³-hybridized carbons (Fsp3) is 0.0714. The first-order chi connectivity index (χ1) is 9.38. The molecule has 0 saturated heterocycles. The van der Waals surface area contributed by atoms with Gasteiger partial charge in [0.25, 0.3) is 0 Å². The van der Waals surface area contributed by atoms with Crippen LogP contribution in [-0.4, -0.2) is 5.78 Å². The van der Waals surface area contributed by atoms with Crippen molar-refractivity contribution in [2.24, 2.45) is 0 Å². The molecular formula is C14H9BrCl2FNO. The van der Waals surface area contributed by atoms with Crippen LogP contribution >= 0.6 is 39.1 Å². The second-order valence-electron chi connectivity index (χ2n) is 4.19. The van der Waals surface area contributed by atoms with E-state index in [0.29, 0.717) is 15.6 Å². The van der Waals surface area contributed by atoms with E-state index in [1.165, 1.54) is 24.3 Å². The topological polar surface area (TPSA) is 43.1 Å². The van der Waals surface area contributed by atoms with E-state index in [1.807, 2.05) is 0 Å². The van der Waals surface area contributed by atoms with Crippen LogP contribution in [0.2, 0.25) is 10.0 Å². The number of anilines is 1. The number of hydrogen-bond donors (Lipinski definition) is 1. The summed E-state index contributed by atoms with van der Waals surface area (Å²) in [5.74, 6) is -0.548. The number of Topliss-reactive ketones (excluding diaryl/α,β-unsaturated/α-hetero) is 1. The molecule has 0 bridgehead atoms. The van der Waals surface area contributed by atoms with Gasteiger partial charge in [-0.1, -0.05) is 45.2 Å². The van der Waals surface area contributed by atoms with Gasteiger partial charge in [0.1, 0.15) is 5.82 Å². The first kappa shape index (κ1) is 15.3. The normalized spacial score (nSPS) is 10.6. The maximum atomic E-state index is 13.0. The number of ketones is 1. The lowest BCUT2D eigenvalue weighted by Gasteiger charge is -2.07. The predicted octanol–water partition coefficient (Wildman–Crippen LogP) is 4.90. The first-order valence-electron chi connectivity index (χ1n) is 5.60. The van der Waals surface area contributed by atoms with Gasteiger partial charge >= 0.3 is 0 Å². The standard InChI is InChI=1S/C14H9BrCl2FNO/c15-10-6-9(18)2-1-7(10)5-13(20)8-3-11(16)14(19)12(17)4-8/h1-4,6H,5,19H2. The number of benzene rings is 2. The van der Waals surface area contributed by atoms with Gasteiger partial charge in [0.15, 0.2) is 5.78 Å². The van der Waals surface area contributed by atoms with Crippen molar-refractivity contribution in [2.45, 2.75) is 6.42 Å². The molecule has 0 fully saturated rings. The molecule has 2 aromatic carbocycles. The van der Waals surface area contributed by atoms with Crippen LogP contribution in [0.4, 0.5) is 10.1 Å². The van der Waals surface area contributed by atoms with Crippen molar-refractivity contribution in [3.8, 4) is 0 Å². The van der Waals surface area contributed by atoms with Crippen LogP contribution in [0.15, 0.2) is 34.8 Å². The van der Waals surface area contributed by atoms with E-state index in [4.69, 9.17) is 28.9 Å². The summed E-state index contributed by atoms with van der Waals surface area (Å²) in [5, 5.41) is 0.470. The van der Waals surface area contributed by atoms with Gasteiger partial charge in [0.2, 0.25) is 0 Å². The Morgan fingerprint density at radius 2 is 1.80 bits per heavy atom. The van der Waals surface area contributed by atoms with Crippen LogP contribution in [0.25, 0.3) is 0 Å². The summed E-state index contributed by atoms with van der Waals surface area (Å²) in [6.07, 6.45) is 0.109. The molecule has 0 saturated carbocycles. The molecule has 0 aliphatic heterocycles. The zero-order chi connectivity index (χ0) is 14.9. The highest BCUT2D eigenvalue weighted by atomic mass is 79.9. The fourth-order valence-corrected chi connectivity index (χ4v) is 2.66. The van der Waals surface area contributed by atoms with Crippen molar-refractivity contribution >= 4 is 50.6 Å². The summed E-state index contributed by atoms with van der Waals surface area (Å²) in [7, 11) is 0. The largest absolute Gasteiger partial charge is 0.396 e. The van der Waals surface area contributed by atoms with Crippen LogP contribution in [0.1, 0.15) is 15.9 Å². The minimum Gasteiger partial charge on any atom is -0.396 e. The third-order valence-corrected chi connectivity index (χ3v) is 4.13. The highest BCUT2D eigenvalue weighted by molar-refractivity contribution is 9.10. The average Bonchev–Trinajstić information content (AvgIpc) is 2.38. The Morgan fingerprint density at radius 3 is 2.35 bits per heavy atom. The van der Waals surface area contributed by atoms with E-state index in [2.05, 4.69) is 15.9 Å². The van der Waals surface area contributed by atoms with Crippen LogP contribution in [0.3, 0.4) is 0 Å². The van der Waals surface area contributed by atoms with Crippen molar-refractivity contribution in [2.75, 3.05) is 5.73 Å². The van der Waals surface area contributed by atoms with Crippen LogP contribution in [-0.2, 0) is 6.42 Å². The van der Waals surface area contributed by atoms with Crippen molar-refractivity contribution in [3.63, 3.8) is 0 Å². The number of rotatable bonds is 3. The molecule has 0 aromatic heterocycles. The maximum absolute atomic E-state index is 13.0. The summed E-state index contributed by atoms with van der Waals surface area (Å²) < 4.78 is 13.5. The smallest absolute Gasteiger partial charge is 0.167 e. The fourth-order valence-electron chi connectivity index (χ4n) is 1.69. The lowest BCUT2D eigenvalue weighted by molar-refractivity contribution is 0.0993. The number of halogens is 4. The Labute approximate surface area is 133 Å². The third-order valence-electron chi connectivity index (χ3n) is 2.77. The Hall–Kier alpha value is -1.10. The minimum absolute atomic E-state index is 0.109. The number of hydrogen-bond acceptors (Lipinski definition) is 2.